The van der Waals surface area contributed by atoms with Crippen molar-refractivity contribution in [2.75, 3.05) is 6.61 Å². The molecule has 0 spiro atoms. The van der Waals surface area contributed by atoms with Crippen LogP contribution in [0, 0.1) is 0 Å². The highest BCUT2D eigenvalue weighted by Crippen LogP contribution is 2.18. The summed E-state index contributed by atoms with van der Waals surface area (Å²) in [5.41, 5.74) is 2.29. The molecule has 136 valence electrons. The number of amides is 2. The van der Waals surface area contributed by atoms with Gasteiger partial charge < -0.3 is 24.4 Å². The highest BCUT2D eigenvalue weighted by molar-refractivity contribution is 6.35. The van der Waals surface area contributed by atoms with Crippen molar-refractivity contribution in [1.29, 1.82) is 0 Å². The molecule has 2 amide bonds. The van der Waals surface area contributed by atoms with Crippen LogP contribution in [0.25, 0.3) is 0 Å². The van der Waals surface area contributed by atoms with E-state index in [1.165, 1.54) is 30.7 Å². The topological polar surface area (TPSA) is 133 Å². The Morgan fingerprint density at radius 1 is 1.27 bits per heavy atom. The van der Waals surface area contributed by atoms with Crippen LogP contribution in [0.1, 0.15) is 28.6 Å². The Hall–Kier alpha value is -3.62. The second-order valence-corrected chi connectivity index (χ2v) is 4.93. The molecule has 2 rings (SSSR count). The summed E-state index contributed by atoms with van der Waals surface area (Å²) in [5, 5.41) is 16.9. The third-order valence-electron chi connectivity index (χ3n) is 3.12. The predicted octanol–water partition coefficient (Wildman–Crippen LogP) is -0.192. The SMILES string of the molecule is CCOc1ccc(C(=O)[O-])cc1/C=N\NC(=O)C(=O)NCc1ccco1. The van der Waals surface area contributed by atoms with Crippen molar-refractivity contribution >= 4 is 24.0 Å². The minimum atomic E-state index is -1.36. The molecule has 1 aromatic heterocycles. The summed E-state index contributed by atoms with van der Waals surface area (Å²) in [6.07, 6.45) is 2.62. The summed E-state index contributed by atoms with van der Waals surface area (Å²) in [6.45, 7) is 2.18. The van der Waals surface area contributed by atoms with E-state index in [0.29, 0.717) is 23.7 Å². The molecule has 0 aliphatic rings. The molecule has 0 aliphatic carbocycles. The summed E-state index contributed by atoms with van der Waals surface area (Å²) >= 11 is 0. The van der Waals surface area contributed by atoms with E-state index < -0.39 is 17.8 Å². The van der Waals surface area contributed by atoms with Gasteiger partial charge in [-0.25, -0.2) is 5.43 Å². The number of nitrogens with one attached hydrogen (secondary N) is 2. The van der Waals surface area contributed by atoms with Crippen LogP contribution in [0.4, 0.5) is 0 Å². The fraction of sp³-hybridized carbons (Fsp3) is 0.176. The fourth-order valence-electron chi connectivity index (χ4n) is 1.94. The van der Waals surface area contributed by atoms with Gasteiger partial charge in [0.2, 0.25) is 0 Å². The second kappa shape index (κ2) is 9.02. The third kappa shape index (κ3) is 5.20. The van der Waals surface area contributed by atoms with Crippen LogP contribution >= 0.6 is 0 Å². The van der Waals surface area contributed by atoms with Crippen LogP contribution in [-0.4, -0.2) is 30.6 Å². The van der Waals surface area contributed by atoms with E-state index in [0.717, 1.165) is 0 Å². The second-order valence-electron chi connectivity index (χ2n) is 4.93. The van der Waals surface area contributed by atoms with Crippen LogP contribution in [-0.2, 0) is 16.1 Å². The molecule has 0 atom stereocenters. The van der Waals surface area contributed by atoms with E-state index in [-0.39, 0.29) is 12.1 Å². The number of aromatic carboxylic acids is 1. The van der Waals surface area contributed by atoms with Crippen molar-refractivity contribution < 1.29 is 28.6 Å². The van der Waals surface area contributed by atoms with Crippen molar-refractivity contribution in [1.82, 2.24) is 10.7 Å². The molecule has 2 N–H and O–H groups in total. The molecule has 0 unspecified atom stereocenters. The summed E-state index contributed by atoms with van der Waals surface area (Å²) in [4.78, 5) is 34.3. The van der Waals surface area contributed by atoms with Gasteiger partial charge in [0.15, 0.2) is 0 Å². The lowest BCUT2D eigenvalue weighted by atomic mass is 10.1. The lowest BCUT2D eigenvalue weighted by molar-refractivity contribution is -0.255. The van der Waals surface area contributed by atoms with E-state index >= 15 is 0 Å². The van der Waals surface area contributed by atoms with Gasteiger partial charge in [-0.3, -0.25) is 9.59 Å². The van der Waals surface area contributed by atoms with Crippen molar-refractivity contribution in [3.63, 3.8) is 0 Å². The predicted molar refractivity (Wildman–Crippen MR) is 88.2 cm³/mol. The zero-order chi connectivity index (χ0) is 18.9. The highest BCUT2D eigenvalue weighted by Gasteiger charge is 2.12. The number of rotatable bonds is 7. The average molecular weight is 358 g/mol. The zero-order valence-electron chi connectivity index (χ0n) is 13.9. The largest absolute Gasteiger partial charge is 0.545 e. The van der Waals surface area contributed by atoms with Crippen LogP contribution in [0.15, 0.2) is 46.1 Å². The first-order chi connectivity index (χ1) is 12.5. The maximum absolute atomic E-state index is 11.7. The number of carbonyl (C=O) groups excluding carboxylic acids is 3. The Balaban J connectivity index is 1.97. The Labute approximate surface area is 148 Å². The molecule has 2 aromatic rings. The number of hydrogen-bond donors (Lipinski definition) is 2. The van der Waals surface area contributed by atoms with Gasteiger partial charge in [0.05, 0.1) is 31.6 Å². The van der Waals surface area contributed by atoms with Crippen LogP contribution < -0.4 is 20.6 Å². The molecule has 9 nitrogen and oxygen atoms in total. The van der Waals surface area contributed by atoms with Gasteiger partial charge >= 0.3 is 11.8 Å². The summed E-state index contributed by atoms with van der Waals surface area (Å²) in [5.74, 6) is -2.37. The molecular weight excluding hydrogens is 342 g/mol. The van der Waals surface area contributed by atoms with Crippen molar-refractivity contribution in [2.45, 2.75) is 13.5 Å². The minimum Gasteiger partial charge on any atom is -0.545 e. The van der Waals surface area contributed by atoms with Crippen molar-refractivity contribution in [3.8, 4) is 5.75 Å². The van der Waals surface area contributed by atoms with Gasteiger partial charge in [-0.1, -0.05) is 0 Å². The Kier molecular flexibility index (Phi) is 6.49. The molecular formula is C17H16N3O6-. The fourth-order valence-corrected chi connectivity index (χ4v) is 1.94. The molecule has 9 heteroatoms. The van der Waals surface area contributed by atoms with Gasteiger partial charge in [0.1, 0.15) is 11.5 Å². The standard InChI is InChI=1S/C17H17N3O6/c1-2-25-14-6-5-11(17(23)24)8-12(14)9-19-20-16(22)15(21)18-10-13-4-3-7-26-13/h3-9H,2,10H2,1H3,(H,18,21)(H,20,22)(H,23,24)/p-1/b19-9-. The molecule has 26 heavy (non-hydrogen) atoms. The van der Waals surface area contributed by atoms with Crippen LogP contribution in [0.5, 0.6) is 5.75 Å². The van der Waals surface area contributed by atoms with Gasteiger partial charge in [-0.15, -0.1) is 0 Å². The van der Waals surface area contributed by atoms with E-state index in [2.05, 4.69) is 10.4 Å². The molecule has 0 radical (unpaired) electrons. The van der Waals surface area contributed by atoms with Crippen molar-refractivity contribution in [3.05, 3.63) is 53.5 Å². The van der Waals surface area contributed by atoms with E-state index in [9.17, 15) is 19.5 Å². The maximum Gasteiger partial charge on any atom is 0.329 e. The minimum absolute atomic E-state index is 0.0606. The number of carboxylic acid groups (broad SMARTS) is 1. The normalized spacial score (nSPS) is 10.5. The third-order valence-corrected chi connectivity index (χ3v) is 3.12. The Morgan fingerprint density at radius 2 is 2.08 bits per heavy atom. The molecule has 0 saturated carbocycles. The Morgan fingerprint density at radius 3 is 2.73 bits per heavy atom. The van der Waals surface area contributed by atoms with Gasteiger partial charge in [-0.2, -0.15) is 5.10 Å². The number of carboxylic acids is 1. The summed E-state index contributed by atoms with van der Waals surface area (Å²) in [7, 11) is 0. The maximum atomic E-state index is 11.7. The Bertz CT molecular complexity index is 814. The van der Waals surface area contributed by atoms with Gasteiger partial charge in [0.25, 0.3) is 0 Å². The van der Waals surface area contributed by atoms with Gasteiger partial charge in [-0.05, 0) is 42.8 Å². The number of furan rings is 1. The van der Waals surface area contributed by atoms with Crippen LogP contribution in [0.2, 0.25) is 0 Å². The lowest BCUT2D eigenvalue weighted by Crippen LogP contribution is -2.37. The number of ether oxygens (including phenoxy) is 1. The quantitative estimate of drug-likeness (QED) is 0.400. The van der Waals surface area contributed by atoms with E-state index in [1.807, 2.05) is 5.43 Å². The number of hydrogen-bond acceptors (Lipinski definition) is 7. The first kappa shape index (κ1) is 18.7. The lowest BCUT2D eigenvalue weighted by Gasteiger charge is -2.09. The number of nitrogens with zero attached hydrogens (tertiary/aromatic N) is 1. The molecule has 0 aliphatic heterocycles. The molecule has 0 bridgehead atoms. The smallest absolute Gasteiger partial charge is 0.329 e. The summed E-state index contributed by atoms with van der Waals surface area (Å²) in [6, 6.07) is 7.37. The monoisotopic (exact) mass is 358 g/mol. The van der Waals surface area contributed by atoms with Crippen LogP contribution in [0.3, 0.4) is 0 Å². The number of hydrazone groups is 1. The number of carbonyl (C=O) groups is 3. The first-order valence-corrected chi connectivity index (χ1v) is 7.63. The van der Waals surface area contributed by atoms with E-state index in [4.69, 9.17) is 9.15 Å². The molecule has 1 heterocycles. The molecule has 0 fully saturated rings. The zero-order valence-corrected chi connectivity index (χ0v) is 13.9. The molecule has 1 aromatic carbocycles. The average Bonchev–Trinajstić information content (AvgIpc) is 3.14. The first-order valence-electron chi connectivity index (χ1n) is 7.63. The highest BCUT2D eigenvalue weighted by atomic mass is 16.5. The van der Waals surface area contributed by atoms with Gasteiger partial charge in [0, 0.05) is 5.56 Å². The van der Waals surface area contributed by atoms with Crippen molar-refractivity contribution in [2.24, 2.45) is 5.10 Å². The molecule has 0 saturated heterocycles. The van der Waals surface area contributed by atoms with E-state index in [1.54, 1.807) is 19.1 Å². The summed E-state index contributed by atoms with van der Waals surface area (Å²) < 4.78 is 10.4. The number of benzene rings is 1.